The third-order valence-corrected chi connectivity index (χ3v) is 10.0. The zero-order chi connectivity index (χ0) is 31.2. The fraction of sp³-hybridized carbons (Fsp3) is 0.212. The SMILES string of the molecule is [C-]#[N+]C(C#N)=[N+]1/C(=C/c2cc3sc(N=Nc4ccc5c(c4)C(C)CC(C)(C)N5C)nc3s2)C(=C(C#N)C#N)c2ccccc21. The van der Waals surface area contributed by atoms with Crippen LogP contribution in [0.25, 0.3) is 26.0 Å². The van der Waals surface area contributed by atoms with Crippen molar-refractivity contribution in [3.63, 3.8) is 0 Å². The third-order valence-electron chi connectivity index (χ3n) is 8.05. The Balaban J connectivity index is 1.36. The number of aromatic nitrogens is 1. The number of thiophene rings is 1. The van der Waals surface area contributed by atoms with Crippen LogP contribution in [0.1, 0.15) is 49.1 Å². The molecule has 2 aliphatic heterocycles. The largest absolute Gasteiger partial charge is 0.504 e. The van der Waals surface area contributed by atoms with E-state index in [0.717, 1.165) is 26.5 Å². The average Bonchev–Trinajstić information content (AvgIpc) is 3.67. The first-order valence-electron chi connectivity index (χ1n) is 13.7. The van der Waals surface area contributed by atoms with Crippen molar-refractivity contribution in [2.45, 2.75) is 38.6 Å². The molecule has 2 aliphatic rings. The van der Waals surface area contributed by atoms with Gasteiger partial charge in [0.25, 0.3) is 0 Å². The standard InChI is InChI=1S/C33H24N9S2/c1-19-15-33(2,3)41(5)25-11-10-21(12-24(19)25)39-40-32-38-31-28(44-32)14-22(43-31)13-27-30(20(16-34)17-35)23-8-6-7-9-26(23)42(27)29(18-36)37-4/h6-14,19H,15H2,1-3,5H3/q+1/b27-13+,40-39?,42-29?. The van der Waals surface area contributed by atoms with Gasteiger partial charge in [0, 0.05) is 35.3 Å². The number of thiazole rings is 1. The molecule has 2 aromatic carbocycles. The Hall–Kier alpha value is -5.46. The van der Waals surface area contributed by atoms with Gasteiger partial charge in [-0.15, -0.1) is 21.6 Å². The number of benzene rings is 2. The van der Waals surface area contributed by atoms with E-state index in [9.17, 15) is 15.8 Å². The molecule has 0 aliphatic carbocycles. The number of azo groups is 1. The van der Waals surface area contributed by atoms with Gasteiger partial charge in [-0.3, -0.25) is 0 Å². The molecule has 0 N–H and O–H groups in total. The molecule has 6 rings (SSSR count). The highest BCUT2D eigenvalue weighted by atomic mass is 32.1. The Morgan fingerprint density at radius 1 is 1.11 bits per heavy atom. The summed E-state index contributed by atoms with van der Waals surface area (Å²) >= 11 is 2.82. The topological polar surface area (TPSA) is 120 Å². The molecule has 0 radical (unpaired) electrons. The van der Waals surface area contributed by atoms with E-state index in [0.29, 0.717) is 33.6 Å². The summed E-state index contributed by atoms with van der Waals surface area (Å²) in [5.74, 6) is 0.233. The van der Waals surface area contributed by atoms with E-state index in [1.54, 1.807) is 30.3 Å². The number of nitrogens with zero attached hydrogens (tertiary/aromatic N) is 9. The first kappa shape index (κ1) is 28.6. The highest BCUT2D eigenvalue weighted by Gasteiger charge is 2.40. The Labute approximate surface area is 262 Å². The van der Waals surface area contributed by atoms with Gasteiger partial charge < -0.3 is 4.90 Å². The van der Waals surface area contributed by atoms with Crippen LogP contribution >= 0.6 is 22.7 Å². The molecule has 0 bridgehead atoms. The smallest absolute Gasteiger partial charge is 0.369 e. The second kappa shape index (κ2) is 11.0. The van der Waals surface area contributed by atoms with Crippen LogP contribution in [-0.2, 0) is 0 Å². The van der Waals surface area contributed by atoms with Crippen LogP contribution in [0.15, 0.2) is 70.0 Å². The van der Waals surface area contributed by atoms with Gasteiger partial charge in [0.05, 0.1) is 21.5 Å². The lowest BCUT2D eigenvalue weighted by Gasteiger charge is -2.45. The number of allylic oxidation sites excluding steroid dienone is 2. The van der Waals surface area contributed by atoms with Gasteiger partial charge in [0.1, 0.15) is 29.1 Å². The Bertz CT molecular complexity index is 2030. The van der Waals surface area contributed by atoms with Crippen molar-refractivity contribution < 1.29 is 4.58 Å². The van der Waals surface area contributed by atoms with Crippen molar-refractivity contribution >= 4 is 71.9 Å². The molecule has 9 nitrogen and oxygen atoms in total. The highest BCUT2D eigenvalue weighted by molar-refractivity contribution is 7.29. The fourth-order valence-electron chi connectivity index (χ4n) is 5.87. The molecule has 1 unspecified atom stereocenters. The number of para-hydroxylation sites is 1. The van der Waals surface area contributed by atoms with E-state index in [4.69, 9.17) is 6.57 Å². The lowest BCUT2D eigenvalue weighted by atomic mass is 9.80. The second-order valence-corrected chi connectivity index (χ2v) is 13.2. The summed E-state index contributed by atoms with van der Waals surface area (Å²) in [5.41, 5.74) is 5.24. The minimum atomic E-state index is -0.181. The maximum atomic E-state index is 9.75. The molecule has 0 saturated carbocycles. The molecule has 0 spiro atoms. The fourth-order valence-corrected chi connectivity index (χ4v) is 7.84. The first-order chi connectivity index (χ1) is 21.2. The molecular weight excluding hydrogens is 587 g/mol. The zero-order valence-electron chi connectivity index (χ0n) is 24.3. The van der Waals surface area contributed by atoms with E-state index in [-0.39, 0.29) is 16.9 Å². The summed E-state index contributed by atoms with van der Waals surface area (Å²) < 4.78 is 2.41. The van der Waals surface area contributed by atoms with Crippen molar-refractivity contribution in [2.24, 2.45) is 10.2 Å². The summed E-state index contributed by atoms with van der Waals surface area (Å²) in [5, 5.41) is 38.7. The predicted molar refractivity (Wildman–Crippen MR) is 173 cm³/mol. The number of rotatable bonds is 3. The number of anilines is 1. The third kappa shape index (κ3) is 4.75. The normalized spacial score (nSPS) is 18.8. The van der Waals surface area contributed by atoms with Crippen LogP contribution in [0.5, 0.6) is 0 Å². The van der Waals surface area contributed by atoms with Gasteiger partial charge in [0.2, 0.25) is 16.5 Å². The number of amidine groups is 1. The molecule has 2 aromatic heterocycles. The number of hydrogen-bond donors (Lipinski definition) is 0. The van der Waals surface area contributed by atoms with E-state index in [1.165, 1.54) is 38.5 Å². The quantitative estimate of drug-likeness (QED) is 0.0754. The molecule has 0 fully saturated rings. The Kier molecular flexibility index (Phi) is 7.15. The van der Waals surface area contributed by atoms with Crippen molar-refractivity contribution in [3.8, 4) is 18.2 Å². The van der Waals surface area contributed by atoms with Crippen LogP contribution in [0, 0.1) is 40.6 Å². The van der Waals surface area contributed by atoms with Crippen LogP contribution in [0.2, 0.25) is 0 Å². The lowest BCUT2D eigenvalue weighted by molar-refractivity contribution is -0.365. The molecule has 212 valence electrons. The summed E-state index contributed by atoms with van der Waals surface area (Å²) in [6.45, 7) is 14.4. The molecule has 0 amide bonds. The molecule has 4 aromatic rings. The predicted octanol–water partition coefficient (Wildman–Crippen LogP) is 8.84. The van der Waals surface area contributed by atoms with Crippen LogP contribution in [0.3, 0.4) is 0 Å². The molecular formula is C33H24N9S2+. The number of nitriles is 3. The van der Waals surface area contributed by atoms with E-state index >= 15 is 0 Å². The monoisotopic (exact) mass is 610 g/mol. The van der Waals surface area contributed by atoms with E-state index in [1.807, 2.05) is 30.3 Å². The van der Waals surface area contributed by atoms with Crippen molar-refractivity contribution in [2.75, 3.05) is 11.9 Å². The van der Waals surface area contributed by atoms with E-state index < -0.39 is 0 Å². The highest BCUT2D eigenvalue weighted by Crippen LogP contribution is 2.46. The second-order valence-electron chi connectivity index (χ2n) is 11.1. The molecule has 0 saturated heterocycles. The van der Waals surface area contributed by atoms with Gasteiger partial charge in [-0.2, -0.15) is 19.9 Å². The molecule has 11 heteroatoms. The molecule has 4 heterocycles. The summed E-state index contributed by atoms with van der Waals surface area (Å²) in [7, 11) is 2.13. The van der Waals surface area contributed by atoms with Gasteiger partial charge >= 0.3 is 5.84 Å². The summed E-state index contributed by atoms with van der Waals surface area (Å²) in [6.07, 6.45) is 2.85. The minimum Gasteiger partial charge on any atom is -0.369 e. The lowest BCUT2D eigenvalue weighted by Crippen LogP contribution is -2.45. The average molecular weight is 611 g/mol. The Morgan fingerprint density at radius 2 is 1.89 bits per heavy atom. The molecule has 44 heavy (non-hydrogen) atoms. The molecule has 1 atom stereocenters. The van der Waals surface area contributed by atoms with Crippen LogP contribution in [-0.4, -0.2) is 28.0 Å². The maximum absolute atomic E-state index is 9.75. The summed E-state index contributed by atoms with van der Waals surface area (Å²) in [4.78, 5) is 12.0. The number of fused-ring (bicyclic) bond motifs is 3. The van der Waals surface area contributed by atoms with Crippen LogP contribution < -0.4 is 4.90 Å². The van der Waals surface area contributed by atoms with Gasteiger partial charge in [0.15, 0.2) is 6.07 Å². The summed E-state index contributed by atoms with van der Waals surface area (Å²) in [6, 6.07) is 21.2. The maximum Gasteiger partial charge on any atom is 0.504 e. The van der Waals surface area contributed by atoms with Crippen LogP contribution in [0.4, 0.5) is 22.2 Å². The number of hydrogen-bond acceptors (Lipinski definition) is 9. The van der Waals surface area contributed by atoms with Crippen molar-refractivity contribution in [3.05, 3.63) is 87.2 Å². The first-order valence-corrected chi connectivity index (χ1v) is 15.3. The van der Waals surface area contributed by atoms with E-state index in [2.05, 4.69) is 64.9 Å². The minimum absolute atomic E-state index is 0.0930. The zero-order valence-corrected chi connectivity index (χ0v) is 26.0. The van der Waals surface area contributed by atoms with Crippen molar-refractivity contribution in [1.29, 1.82) is 15.8 Å². The van der Waals surface area contributed by atoms with Gasteiger partial charge in [-0.05, 0) is 62.1 Å². The Morgan fingerprint density at radius 3 is 2.59 bits per heavy atom. The van der Waals surface area contributed by atoms with Crippen molar-refractivity contribution in [1.82, 2.24) is 4.98 Å². The van der Waals surface area contributed by atoms with Gasteiger partial charge in [-0.25, -0.2) is 10.2 Å². The van der Waals surface area contributed by atoms with Gasteiger partial charge in [-0.1, -0.05) is 30.4 Å².